The molecule has 2 aromatic carbocycles. The summed E-state index contributed by atoms with van der Waals surface area (Å²) in [7, 11) is 0. The molecule has 1 amide bonds. The van der Waals surface area contributed by atoms with Crippen molar-refractivity contribution in [1.82, 2.24) is 10.2 Å². The standard InChI is InChI=1S/C20H22N2O2/c23-19(22-13-12-21-15-20(22)10-11-20)17-8-4-5-9-18(17)24-14-16-6-2-1-3-7-16/h1-9,21H,10-15H2. The molecule has 1 aliphatic heterocycles. The number of amides is 1. The Kier molecular flexibility index (Phi) is 3.98. The normalized spacial score (nSPS) is 18.4. The molecule has 1 spiro atoms. The van der Waals surface area contributed by atoms with Crippen LogP contribution >= 0.6 is 0 Å². The molecule has 0 atom stereocenters. The number of piperazine rings is 1. The Morgan fingerprint density at radius 3 is 2.62 bits per heavy atom. The summed E-state index contributed by atoms with van der Waals surface area (Å²) in [4.78, 5) is 15.2. The molecule has 0 bridgehead atoms. The first-order valence-corrected chi connectivity index (χ1v) is 8.57. The second-order valence-electron chi connectivity index (χ2n) is 6.63. The highest BCUT2D eigenvalue weighted by molar-refractivity contribution is 5.97. The van der Waals surface area contributed by atoms with Crippen LogP contribution in [0.3, 0.4) is 0 Å². The number of rotatable bonds is 4. The van der Waals surface area contributed by atoms with Gasteiger partial charge in [-0.05, 0) is 30.5 Å². The molecule has 124 valence electrons. The molecule has 1 saturated heterocycles. The van der Waals surface area contributed by atoms with Gasteiger partial charge < -0.3 is 15.0 Å². The molecule has 4 nitrogen and oxygen atoms in total. The summed E-state index contributed by atoms with van der Waals surface area (Å²) in [6, 6.07) is 17.6. The Morgan fingerprint density at radius 1 is 1.08 bits per heavy atom. The van der Waals surface area contributed by atoms with Gasteiger partial charge in [-0.25, -0.2) is 0 Å². The molecule has 2 fully saturated rings. The second kappa shape index (κ2) is 6.29. The maximum atomic E-state index is 13.1. The van der Waals surface area contributed by atoms with Gasteiger partial charge in [-0.3, -0.25) is 4.79 Å². The largest absolute Gasteiger partial charge is 0.488 e. The molecular weight excluding hydrogens is 300 g/mol. The third-order valence-electron chi connectivity index (χ3n) is 4.97. The van der Waals surface area contributed by atoms with Crippen LogP contribution in [0.1, 0.15) is 28.8 Å². The lowest BCUT2D eigenvalue weighted by molar-refractivity contribution is 0.0596. The molecule has 4 rings (SSSR count). The summed E-state index contributed by atoms with van der Waals surface area (Å²) in [6.45, 7) is 3.01. The van der Waals surface area contributed by atoms with Gasteiger partial charge in [0.1, 0.15) is 12.4 Å². The summed E-state index contributed by atoms with van der Waals surface area (Å²) in [5.41, 5.74) is 1.81. The van der Waals surface area contributed by atoms with Crippen molar-refractivity contribution < 1.29 is 9.53 Å². The highest BCUT2D eigenvalue weighted by atomic mass is 16.5. The number of carbonyl (C=O) groups excluding carboxylic acids is 1. The molecule has 1 saturated carbocycles. The topological polar surface area (TPSA) is 41.6 Å². The van der Waals surface area contributed by atoms with Crippen LogP contribution in [0.5, 0.6) is 5.75 Å². The van der Waals surface area contributed by atoms with E-state index >= 15 is 0 Å². The maximum absolute atomic E-state index is 13.1. The van der Waals surface area contributed by atoms with E-state index in [4.69, 9.17) is 4.74 Å². The molecule has 24 heavy (non-hydrogen) atoms. The van der Waals surface area contributed by atoms with E-state index in [9.17, 15) is 4.79 Å². The first-order valence-electron chi connectivity index (χ1n) is 8.57. The van der Waals surface area contributed by atoms with E-state index in [1.807, 2.05) is 59.5 Å². The lowest BCUT2D eigenvalue weighted by atomic mass is 10.1. The number of benzene rings is 2. The van der Waals surface area contributed by atoms with E-state index in [1.54, 1.807) is 0 Å². The lowest BCUT2D eigenvalue weighted by Gasteiger charge is -2.37. The second-order valence-corrected chi connectivity index (χ2v) is 6.63. The lowest BCUT2D eigenvalue weighted by Crippen LogP contribution is -2.55. The number of nitrogens with one attached hydrogen (secondary N) is 1. The zero-order valence-corrected chi connectivity index (χ0v) is 13.7. The van der Waals surface area contributed by atoms with Crippen molar-refractivity contribution in [3.8, 4) is 5.75 Å². The van der Waals surface area contributed by atoms with Gasteiger partial charge in [0.2, 0.25) is 0 Å². The van der Waals surface area contributed by atoms with E-state index in [1.165, 1.54) is 0 Å². The van der Waals surface area contributed by atoms with Gasteiger partial charge in [-0.1, -0.05) is 42.5 Å². The SMILES string of the molecule is O=C(c1ccccc1OCc1ccccc1)N1CCNCC12CC2. The smallest absolute Gasteiger partial charge is 0.258 e. The highest BCUT2D eigenvalue weighted by Gasteiger charge is 2.51. The molecule has 0 aromatic heterocycles. The van der Waals surface area contributed by atoms with Gasteiger partial charge >= 0.3 is 0 Å². The molecule has 0 radical (unpaired) electrons. The Balaban J connectivity index is 1.54. The summed E-state index contributed by atoms with van der Waals surface area (Å²) < 4.78 is 5.96. The molecule has 1 N–H and O–H groups in total. The minimum absolute atomic E-state index is 0.0435. The van der Waals surface area contributed by atoms with Crippen molar-refractivity contribution in [3.05, 3.63) is 65.7 Å². The van der Waals surface area contributed by atoms with Crippen LogP contribution in [-0.4, -0.2) is 36.0 Å². The Labute approximate surface area is 142 Å². The van der Waals surface area contributed by atoms with Crippen molar-refractivity contribution in [2.24, 2.45) is 0 Å². The van der Waals surface area contributed by atoms with Crippen LogP contribution in [0.25, 0.3) is 0 Å². The first kappa shape index (κ1) is 15.2. The van der Waals surface area contributed by atoms with E-state index < -0.39 is 0 Å². The van der Waals surface area contributed by atoms with Gasteiger partial charge in [0.05, 0.1) is 11.1 Å². The van der Waals surface area contributed by atoms with Gasteiger partial charge in [0, 0.05) is 19.6 Å². The average molecular weight is 322 g/mol. The fourth-order valence-corrected chi connectivity index (χ4v) is 3.40. The minimum atomic E-state index is 0.0435. The van der Waals surface area contributed by atoms with Gasteiger partial charge in [0.15, 0.2) is 0 Å². The van der Waals surface area contributed by atoms with Crippen LogP contribution in [0.2, 0.25) is 0 Å². The van der Waals surface area contributed by atoms with Crippen molar-refractivity contribution in [1.29, 1.82) is 0 Å². The Bertz CT molecular complexity index is 725. The highest BCUT2D eigenvalue weighted by Crippen LogP contribution is 2.43. The molecule has 0 unspecified atom stereocenters. The number of carbonyl (C=O) groups is 1. The van der Waals surface area contributed by atoms with Crippen LogP contribution in [0, 0.1) is 0 Å². The number of para-hydroxylation sites is 1. The Hall–Kier alpha value is -2.33. The fourth-order valence-electron chi connectivity index (χ4n) is 3.40. The summed E-state index contributed by atoms with van der Waals surface area (Å²) in [5.74, 6) is 0.762. The van der Waals surface area contributed by atoms with Crippen molar-refractivity contribution in [2.45, 2.75) is 25.0 Å². The van der Waals surface area contributed by atoms with Crippen molar-refractivity contribution >= 4 is 5.91 Å². The predicted octanol–water partition coefficient (Wildman–Crippen LogP) is 2.84. The van der Waals surface area contributed by atoms with Crippen LogP contribution in [0.15, 0.2) is 54.6 Å². The number of hydrogen-bond donors (Lipinski definition) is 1. The maximum Gasteiger partial charge on any atom is 0.258 e. The van der Waals surface area contributed by atoms with Crippen LogP contribution in [-0.2, 0) is 6.61 Å². The number of ether oxygens (including phenoxy) is 1. The zero-order chi connectivity index (χ0) is 16.4. The monoisotopic (exact) mass is 322 g/mol. The summed E-state index contributed by atoms with van der Waals surface area (Å²) in [5, 5.41) is 3.41. The predicted molar refractivity (Wildman–Crippen MR) is 93.1 cm³/mol. The van der Waals surface area contributed by atoms with Crippen LogP contribution in [0.4, 0.5) is 0 Å². The third-order valence-corrected chi connectivity index (χ3v) is 4.97. The summed E-state index contributed by atoms with van der Waals surface area (Å²) >= 11 is 0. The van der Waals surface area contributed by atoms with Crippen LogP contribution < -0.4 is 10.1 Å². The van der Waals surface area contributed by atoms with E-state index in [0.29, 0.717) is 17.9 Å². The summed E-state index contributed by atoms with van der Waals surface area (Å²) in [6.07, 6.45) is 2.19. The van der Waals surface area contributed by atoms with Gasteiger partial charge in [-0.2, -0.15) is 0 Å². The average Bonchev–Trinajstić information content (AvgIpc) is 3.40. The van der Waals surface area contributed by atoms with E-state index in [2.05, 4.69) is 5.32 Å². The molecule has 1 aliphatic carbocycles. The zero-order valence-electron chi connectivity index (χ0n) is 13.7. The third kappa shape index (κ3) is 2.89. The van der Waals surface area contributed by atoms with Gasteiger partial charge in [0.25, 0.3) is 5.91 Å². The molecule has 2 aliphatic rings. The van der Waals surface area contributed by atoms with Gasteiger partial charge in [-0.15, -0.1) is 0 Å². The number of hydrogen-bond acceptors (Lipinski definition) is 3. The number of nitrogens with zero attached hydrogens (tertiary/aromatic N) is 1. The van der Waals surface area contributed by atoms with Crippen molar-refractivity contribution in [3.63, 3.8) is 0 Å². The minimum Gasteiger partial charge on any atom is -0.488 e. The van der Waals surface area contributed by atoms with E-state index in [-0.39, 0.29) is 11.4 Å². The first-order chi connectivity index (χ1) is 11.8. The van der Waals surface area contributed by atoms with Crippen molar-refractivity contribution in [2.75, 3.05) is 19.6 Å². The quantitative estimate of drug-likeness (QED) is 0.941. The molecule has 2 aromatic rings. The fraction of sp³-hybridized carbons (Fsp3) is 0.350. The molecule has 4 heteroatoms. The molecule has 1 heterocycles. The molecular formula is C20H22N2O2. The van der Waals surface area contributed by atoms with E-state index in [0.717, 1.165) is 38.0 Å². The Morgan fingerprint density at radius 2 is 1.83 bits per heavy atom.